The third-order valence-corrected chi connectivity index (χ3v) is 4.49. The number of nitrogens with zero attached hydrogens (tertiary/aromatic N) is 1. The van der Waals surface area contributed by atoms with Crippen molar-refractivity contribution in [3.8, 4) is 0 Å². The first-order chi connectivity index (χ1) is 9.56. The number of aromatic nitrogens is 1. The standard InChI is InChI=1S/C13H19N3O3S/c1-2-16-10-13(8-11(16)9-14)20(17,18)15-6-5-12-4-3-7-19-12/h3-4,7-8,10,15H,2,5-6,9,14H2,1H3. The van der Waals surface area contributed by atoms with Crippen LogP contribution in [0.1, 0.15) is 18.4 Å². The van der Waals surface area contributed by atoms with Crippen molar-refractivity contribution in [3.63, 3.8) is 0 Å². The van der Waals surface area contributed by atoms with Gasteiger partial charge in [-0.15, -0.1) is 0 Å². The van der Waals surface area contributed by atoms with Gasteiger partial charge in [0.05, 0.1) is 11.2 Å². The maximum Gasteiger partial charge on any atom is 0.242 e. The van der Waals surface area contributed by atoms with Crippen molar-refractivity contribution in [1.29, 1.82) is 0 Å². The molecule has 0 atom stereocenters. The molecule has 7 heteroatoms. The molecule has 0 spiro atoms. The number of aryl methyl sites for hydroxylation is 1. The van der Waals surface area contributed by atoms with Crippen LogP contribution >= 0.6 is 0 Å². The lowest BCUT2D eigenvalue weighted by atomic mass is 10.3. The third-order valence-electron chi connectivity index (χ3n) is 3.06. The Labute approximate surface area is 118 Å². The molecule has 6 nitrogen and oxygen atoms in total. The summed E-state index contributed by atoms with van der Waals surface area (Å²) in [7, 11) is -3.50. The largest absolute Gasteiger partial charge is 0.469 e. The van der Waals surface area contributed by atoms with Crippen LogP contribution in [0.25, 0.3) is 0 Å². The minimum atomic E-state index is -3.50. The number of hydrogen-bond acceptors (Lipinski definition) is 4. The van der Waals surface area contributed by atoms with Crippen LogP contribution in [0.4, 0.5) is 0 Å². The second kappa shape index (κ2) is 6.25. The van der Waals surface area contributed by atoms with Crippen molar-refractivity contribution in [2.24, 2.45) is 5.73 Å². The lowest BCUT2D eigenvalue weighted by molar-refractivity contribution is 0.506. The highest BCUT2D eigenvalue weighted by atomic mass is 32.2. The minimum Gasteiger partial charge on any atom is -0.469 e. The Morgan fingerprint density at radius 3 is 2.80 bits per heavy atom. The van der Waals surface area contributed by atoms with Gasteiger partial charge in [-0.25, -0.2) is 13.1 Å². The Balaban J connectivity index is 2.04. The molecule has 0 aliphatic heterocycles. The average Bonchev–Trinajstić information content (AvgIpc) is 3.07. The predicted octanol–water partition coefficient (Wildman–Crippen LogP) is 1.08. The maximum absolute atomic E-state index is 12.2. The summed E-state index contributed by atoms with van der Waals surface area (Å²) in [5.74, 6) is 0.751. The van der Waals surface area contributed by atoms with Crippen LogP contribution in [-0.2, 0) is 29.5 Å². The molecule has 0 radical (unpaired) electrons. The molecular formula is C13H19N3O3S. The second-order valence-corrected chi connectivity index (χ2v) is 6.15. The van der Waals surface area contributed by atoms with Crippen LogP contribution in [0, 0.1) is 0 Å². The van der Waals surface area contributed by atoms with Crippen LogP contribution < -0.4 is 10.5 Å². The summed E-state index contributed by atoms with van der Waals surface area (Å²) < 4.78 is 33.9. The Hall–Kier alpha value is -1.57. The van der Waals surface area contributed by atoms with Crippen LogP contribution in [0.15, 0.2) is 40.0 Å². The van der Waals surface area contributed by atoms with Crippen LogP contribution in [0.5, 0.6) is 0 Å². The van der Waals surface area contributed by atoms with E-state index in [1.807, 2.05) is 17.6 Å². The van der Waals surface area contributed by atoms with Gasteiger partial charge in [0.25, 0.3) is 0 Å². The van der Waals surface area contributed by atoms with Gasteiger partial charge in [0.15, 0.2) is 0 Å². The highest BCUT2D eigenvalue weighted by Crippen LogP contribution is 2.14. The first-order valence-corrected chi connectivity index (χ1v) is 7.96. The highest BCUT2D eigenvalue weighted by molar-refractivity contribution is 7.89. The lowest BCUT2D eigenvalue weighted by Gasteiger charge is -2.03. The zero-order valence-corrected chi connectivity index (χ0v) is 12.2. The Morgan fingerprint density at radius 2 is 2.25 bits per heavy atom. The topological polar surface area (TPSA) is 90.3 Å². The molecule has 0 amide bonds. The number of nitrogens with two attached hydrogens (primary N) is 1. The maximum atomic E-state index is 12.2. The van der Waals surface area contributed by atoms with E-state index < -0.39 is 10.0 Å². The van der Waals surface area contributed by atoms with E-state index in [0.717, 1.165) is 11.5 Å². The quantitative estimate of drug-likeness (QED) is 0.800. The molecule has 2 aromatic heterocycles. The molecule has 0 saturated carbocycles. The van der Waals surface area contributed by atoms with Crippen molar-refractivity contribution >= 4 is 10.0 Å². The van der Waals surface area contributed by atoms with E-state index in [1.54, 1.807) is 24.6 Å². The van der Waals surface area contributed by atoms with Crippen LogP contribution in [0.3, 0.4) is 0 Å². The fourth-order valence-electron chi connectivity index (χ4n) is 1.99. The molecule has 0 saturated heterocycles. The Kier molecular flexibility index (Phi) is 4.64. The second-order valence-electron chi connectivity index (χ2n) is 4.38. The van der Waals surface area contributed by atoms with E-state index in [4.69, 9.17) is 10.2 Å². The molecule has 0 unspecified atom stereocenters. The smallest absolute Gasteiger partial charge is 0.242 e. The molecule has 2 rings (SSSR count). The predicted molar refractivity (Wildman–Crippen MR) is 75.6 cm³/mol. The van der Waals surface area contributed by atoms with E-state index in [0.29, 0.717) is 26.1 Å². The Morgan fingerprint density at radius 1 is 1.45 bits per heavy atom. The summed E-state index contributed by atoms with van der Waals surface area (Å²) in [6.45, 7) is 3.25. The first-order valence-electron chi connectivity index (χ1n) is 6.48. The molecule has 3 N–H and O–H groups in total. The number of sulfonamides is 1. The normalized spacial score (nSPS) is 11.9. The van der Waals surface area contributed by atoms with Gasteiger partial charge in [0.1, 0.15) is 5.76 Å². The zero-order valence-electron chi connectivity index (χ0n) is 11.4. The fourth-order valence-corrected chi connectivity index (χ4v) is 3.08. The number of hydrogen-bond donors (Lipinski definition) is 2. The minimum absolute atomic E-state index is 0.249. The van der Waals surface area contributed by atoms with Crippen molar-refractivity contribution in [1.82, 2.24) is 9.29 Å². The van der Waals surface area contributed by atoms with Crippen LogP contribution in [-0.4, -0.2) is 19.5 Å². The van der Waals surface area contributed by atoms with Gasteiger partial charge < -0.3 is 14.7 Å². The van der Waals surface area contributed by atoms with Crippen molar-refractivity contribution < 1.29 is 12.8 Å². The third kappa shape index (κ3) is 3.30. The zero-order chi connectivity index (χ0) is 14.6. The molecular weight excluding hydrogens is 278 g/mol. The summed E-state index contributed by atoms with van der Waals surface area (Å²) in [5.41, 5.74) is 6.40. The monoisotopic (exact) mass is 297 g/mol. The molecule has 20 heavy (non-hydrogen) atoms. The van der Waals surface area contributed by atoms with E-state index >= 15 is 0 Å². The van der Waals surface area contributed by atoms with E-state index in [2.05, 4.69) is 4.72 Å². The summed E-state index contributed by atoms with van der Waals surface area (Å²) in [6, 6.07) is 5.20. The van der Waals surface area contributed by atoms with Gasteiger partial charge in [-0.1, -0.05) is 0 Å². The summed E-state index contributed by atoms with van der Waals surface area (Å²) >= 11 is 0. The van der Waals surface area contributed by atoms with Crippen molar-refractivity contribution in [2.45, 2.75) is 31.3 Å². The van der Waals surface area contributed by atoms with E-state index in [-0.39, 0.29) is 4.90 Å². The van der Waals surface area contributed by atoms with Gasteiger partial charge >= 0.3 is 0 Å². The van der Waals surface area contributed by atoms with Crippen molar-refractivity contribution in [2.75, 3.05) is 6.54 Å². The molecule has 2 aromatic rings. The van der Waals surface area contributed by atoms with Gasteiger partial charge in [-0.2, -0.15) is 0 Å². The van der Waals surface area contributed by atoms with Gasteiger partial charge in [0.2, 0.25) is 10.0 Å². The molecule has 0 aromatic carbocycles. The lowest BCUT2D eigenvalue weighted by Crippen LogP contribution is -2.25. The molecule has 0 fully saturated rings. The molecule has 110 valence electrons. The highest BCUT2D eigenvalue weighted by Gasteiger charge is 2.17. The van der Waals surface area contributed by atoms with Crippen LogP contribution in [0.2, 0.25) is 0 Å². The first kappa shape index (κ1) is 14.8. The summed E-state index contributed by atoms with van der Waals surface area (Å²) in [5, 5.41) is 0. The van der Waals surface area contributed by atoms with Gasteiger partial charge in [0, 0.05) is 37.9 Å². The molecule has 0 aliphatic carbocycles. The molecule has 2 heterocycles. The SMILES string of the molecule is CCn1cc(S(=O)(=O)NCCc2ccco2)cc1CN. The molecule has 0 bridgehead atoms. The number of nitrogens with one attached hydrogen (secondary N) is 1. The number of rotatable bonds is 7. The summed E-state index contributed by atoms with van der Waals surface area (Å²) in [4.78, 5) is 0.249. The fraction of sp³-hybridized carbons (Fsp3) is 0.385. The average molecular weight is 297 g/mol. The Bertz CT molecular complexity index is 623. The number of furan rings is 1. The van der Waals surface area contributed by atoms with Gasteiger partial charge in [-0.3, -0.25) is 0 Å². The van der Waals surface area contributed by atoms with Crippen molar-refractivity contribution in [3.05, 3.63) is 42.1 Å². The van der Waals surface area contributed by atoms with E-state index in [1.165, 1.54) is 0 Å². The summed E-state index contributed by atoms with van der Waals surface area (Å²) in [6.07, 6.45) is 3.70. The van der Waals surface area contributed by atoms with Gasteiger partial charge in [-0.05, 0) is 25.1 Å². The molecule has 0 aliphatic rings. The van der Waals surface area contributed by atoms with E-state index in [9.17, 15) is 8.42 Å².